The highest BCUT2D eigenvalue weighted by Crippen LogP contribution is 2.03. The molecule has 17 heavy (non-hydrogen) atoms. The zero-order valence-corrected chi connectivity index (χ0v) is 9.76. The predicted molar refractivity (Wildman–Crippen MR) is 66.7 cm³/mol. The molecule has 4 nitrogen and oxygen atoms in total. The average Bonchev–Trinajstić information content (AvgIpc) is 2.36. The Hall–Kier alpha value is -1.94. The van der Waals surface area contributed by atoms with E-state index in [0.29, 0.717) is 12.1 Å². The molecule has 0 atom stereocenters. The van der Waals surface area contributed by atoms with Crippen LogP contribution >= 0.6 is 0 Å². The molecule has 0 aromatic carbocycles. The van der Waals surface area contributed by atoms with Crippen LogP contribution in [0.3, 0.4) is 0 Å². The van der Waals surface area contributed by atoms with Gasteiger partial charge in [-0.25, -0.2) is 0 Å². The summed E-state index contributed by atoms with van der Waals surface area (Å²) >= 11 is 0. The minimum absolute atomic E-state index is 0.0173. The van der Waals surface area contributed by atoms with Gasteiger partial charge in [0.15, 0.2) is 0 Å². The van der Waals surface area contributed by atoms with Crippen molar-refractivity contribution in [2.45, 2.75) is 20.0 Å². The van der Waals surface area contributed by atoms with Crippen molar-refractivity contribution in [3.05, 3.63) is 63.8 Å². The molecule has 2 aromatic rings. The molecule has 0 bridgehead atoms. The third-order valence-corrected chi connectivity index (χ3v) is 2.75. The summed E-state index contributed by atoms with van der Waals surface area (Å²) in [6.07, 6.45) is 3.48. The second-order valence-corrected chi connectivity index (χ2v) is 3.96. The zero-order valence-electron chi connectivity index (χ0n) is 9.76. The van der Waals surface area contributed by atoms with Crippen LogP contribution in [0.25, 0.3) is 0 Å². The molecule has 0 amide bonds. The Morgan fingerprint density at radius 2 is 2.18 bits per heavy atom. The lowest BCUT2D eigenvalue weighted by molar-refractivity contribution is 0.714. The molecule has 2 aromatic heterocycles. The molecule has 0 saturated carbocycles. The molecule has 0 aliphatic carbocycles. The van der Waals surface area contributed by atoms with Crippen molar-refractivity contribution in [2.24, 2.45) is 5.73 Å². The highest BCUT2D eigenvalue weighted by molar-refractivity contribution is 5.18. The van der Waals surface area contributed by atoms with Gasteiger partial charge in [0.2, 0.25) is 0 Å². The Labute approximate surface area is 99.7 Å². The normalized spacial score (nSPS) is 10.5. The third kappa shape index (κ3) is 2.42. The van der Waals surface area contributed by atoms with Crippen LogP contribution in [0.5, 0.6) is 0 Å². The van der Waals surface area contributed by atoms with E-state index < -0.39 is 0 Å². The van der Waals surface area contributed by atoms with E-state index in [1.807, 2.05) is 25.1 Å². The highest BCUT2D eigenvalue weighted by atomic mass is 16.1. The van der Waals surface area contributed by atoms with E-state index in [-0.39, 0.29) is 12.1 Å². The zero-order chi connectivity index (χ0) is 12.3. The molecule has 0 spiro atoms. The first-order chi connectivity index (χ1) is 8.22. The summed E-state index contributed by atoms with van der Waals surface area (Å²) in [6, 6.07) is 7.52. The van der Waals surface area contributed by atoms with E-state index in [0.717, 1.165) is 11.3 Å². The summed E-state index contributed by atoms with van der Waals surface area (Å²) in [5, 5.41) is 0. The van der Waals surface area contributed by atoms with Crippen molar-refractivity contribution in [1.82, 2.24) is 9.55 Å². The van der Waals surface area contributed by atoms with Gasteiger partial charge in [-0.15, -0.1) is 0 Å². The second kappa shape index (κ2) is 4.93. The van der Waals surface area contributed by atoms with Gasteiger partial charge < -0.3 is 10.3 Å². The smallest absolute Gasteiger partial charge is 0.255 e. The van der Waals surface area contributed by atoms with E-state index in [1.165, 1.54) is 0 Å². The summed E-state index contributed by atoms with van der Waals surface area (Å²) < 4.78 is 1.72. The van der Waals surface area contributed by atoms with Crippen LogP contribution in [-0.2, 0) is 13.1 Å². The van der Waals surface area contributed by atoms with Crippen molar-refractivity contribution in [2.75, 3.05) is 0 Å². The van der Waals surface area contributed by atoms with Crippen molar-refractivity contribution in [3.63, 3.8) is 0 Å². The van der Waals surface area contributed by atoms with Gasteiger partial charge in [0.05, 0.1) is 6.54 Å². The number of pyridine rings is 2. The number of nitrogens with two attached hydrogens (primary N) is 1. The van der Waals surface area contributed by atoms with Gasteiger partial charge in [-0.1, -0.05) is 12.1 Å². The monoisotopic (exact) mass is 229 g/mol. The van der Waals surface area contributed by atoms with Crippen molar-refractivity contribution in [1.29, 1.82) is 0 Å². The van der Waals surface area contributed by atoms with Crippen LogP contribution in [0.1, 0.15) is 16.8 Å². The average molecular weight is 229 g/mol. The highest BCUT2D eigenvalue weighted by Gasteiger charge is 2.05. The lowest BCUT2D eigenvalue weighted by Gasteiger charge is -2.11. The molecule has 0 radical (unpaired) electrons. The van der Waals surface area contributed by atoms with E-state index in [4.69, 9.17) is 5.73 Å². The Bertz CT molecular complexity index is 561. The molecule has 2 rings (SSSR count). The number of aryl methyl sites for hydroxylation is 1. The maximum atomic E-state index is 12.1. The first-order valence-electron chi connectivity index (χ1n) is 5.50. The molecular formula is C13H15N3O. The standard InChI is InChI=1S/C13H15N3O/c1-10-4-5-12(7-14)13(17)16(10)9-11-3-2-6-15-8-11/h2-6,8H,7,9,14H2,1H3. The molecule has 4 heteroatoms. The van der Waals surface area contributed by atoms with Crippen LogP contribution in [0.4, 0.5) is 0 Å². The molecule has 0 saturated heterocycles. The predicted octanol–water partition coefficient (Wildman–Crippen LogP) is 1.06. The molecule has 0 aliphatic rings. The van der Waals surface area contributed by atoms with Gasteiger partial charge in [0.25, 0.3) is 5.56 Å². The van der Waals surface area contributed by atoms with Crippen molar-refractivity contribution >= 4 is 0 Å². The van der Waals surface area contributed by atoms with Gasteiger partial charge in [-0.05, 0) is 24.6 Å². The largest absolute Gasteiger partial charge is 0.326 e. The Kier molecular flexibility index (Phi) is 3.35. The lowest BCUT2D eigenvalue weighted by atomic mass is 10.2. The first-order valence-corrected chi connectivity index (χ1v) is 5.50. The van der Waals surface area contributed by atoms with Gasteiger partial charge in [0, 0.05) is 30.2 Å². The number of aromatic nitrogens is 2. The fraction of sp³-hybridized carbons (Fsp3) is 0.231. The topological polar surface area (TPSA) is 60.9 Å². The summed E-state index contributed by atoms with van der Waals surface area (Å²) in [7, 11) is 0. The van der Waals surface area contributed by atoms with Crippen molar-refractivity contribution < 1.29 is 0 Å². The molecule has 0 fully saturated rings. The molecule has 0 unspecified atom stereocenters. The molecule has 0 aliphatic heterocycles. The summed E-state index contributed by atoms with van der Waals surface area (Å²) in [4.78, 5) is 16.1. The van der Waals surface area contributed by atoms with Crippen LogP contribution < -0.4 is 11.3 Å². The SMILES string of the molecule is Cc1ccc(CN)c(=O)n1Cc1cccnc1. The van der Waals surface area contributed by atoms with E-state index in [2.05, 4.69) is 4.98 Å². The summed E-state index contributed by atoms with van der Waals surface area (Å²) in [5.41, 5.74) is 8.09. The fourth-order valence-corrected chi connectivity index (χ4v) is 1.74. The van der Waals surface area contributed by atoms with Crippen LogP contribution in [0.15, 0.2) is 41.5 Å². The van der Waals surface area contributed by atoms with Crippen molar-refractivity contribution in [3.8, 4) is 0 Å². The van der Waals surface area contributed by atoms with E-state index in [9.17, 15) is 4.79 Å². The van der Waals surface area contributed by atoms with Gasteiger partial charge >= 0.3 is 0 Å². The maximum absolute atomic E-state index is 12.1. The second-order valence-electron chi connectivity index (χ2n) is 3.96. The van der Waals surface area contributed by atoms with E-state index in [1.54, 1.807) is 23.0 Å². The minimum Gasteiger partial charge on any atom is -0.326 e. The maximum Gasteiger partial charge on any atom is 0.255 e. The number of hydrogen-bond acceptors (Lipinski definition) is 3. The Morgan fingerprint density at radius 3 is 2.82 bits per heavy atom. The number of nitrogens with zero attached hydrogens (tertiary/aromatic N) is 2. The fourth-order valence-electron chi connectivity index (χ4n) is 1.74. The van der Waals surface area contributed by atoms with Crippen LogP contribution in [-0.4, -0.2) is 9.55 Å². The van der Waals surface area contributed by atoms with Crippen LogP contribution in [0.2, 0.25) is 0 Å². The van der Waals surface area contributed by atoms with Crippen LogP contribution in [0, 0.1) is 6.92 Å². The number of rotatable bonds is 3. The number of hydrogen-bond donors (Lipinski definition) is 1. The van der Waals surface area contributed by atoms with E-state index >= 15 is 0 Å². The van der Waals surface area contributed by atoms with Gasteiger partial charge in [-0.3, -0.25) is 9.78 Å². The van der Waals surface area contributed by atoms with Gasteiger partial charge in [0.1, 0.15) is 0 Å². The van der Waals surface area contributed by atoms with Gasteiger partial charge in [-0.2, -0.15) is 0 Å². The lowest BCUT2D eigenvalue weighted by Crippen LogP contribution is -2.27. The molecule has 2 N–H and O–H groups in total. The quantitative estimate of drug-likeness (QED) is 0.856. The summed E-state index contributed by atoms with van der Waals surface area (Å²) in [6.45, 7) is 2.72. The molecular weight excluding hydrogens is 214 g/mol. The Morgan fingerprint density at radius 1 is 1.35 bits per heavy atom. The summed E-state index contributed by atoms with van der Waals surface area (Å²) in [5.74, 6) is 0. The minimum atomic E-state index is -0.0173. The molecule has 2 heterocycles. The first kappa shape index (κ1) is 11.5. The Balaban J connectivity index is 2.42. The third-order valence-electron chi connectivity index (χ3n) is 2.75. The molecule has 88 valence electrons.